The van der Waals surface area contributed by atoms with Gasteiger partial charge < -0.3 is 15.0 Å². The number of nitrogens with zero attached hydrogens (tertiary/aromatic N) is 3. The molecule has 0 amide bonds. The minimum Gasteiger partial charge on any atom is -0.374 e. The van der Waals surface area contributed by atoms with Gasteiger partial charge in [0.2, 0.25) is 0 Å². The molecular formula is C19H24N4O. The van der Waals surface area contributed by atoms with Crippen LogP contribution in [0.5, 0.6) is 0 Å². The predicted molar refractivity (Wildman–Crippen MR) is 94.0 cm³/mol. The second-order valence-corrected chi connectivity index (χ2v) is 6.40. The second kappa shape index (κ2) is 6.87. The Hall–Kier alpha value is -1.98. The fourth-order valence-corrected chi connectivity index (χ4v) is 3.58. The zero-order valence-electron chi connectivity index (χ0n) is 14.2. The number of hydrogen-bond donors (Lipinski definition) is 1. The van der Waals surface area contributed by atoms with Gasteiger partial charge in [-0.25, -0.2) is 9.97 Å². The van der Waals surface area contributed by atoms with Gasteiger partial charge in [-0.15, -0.1) is 0 Å². The average molecular weight is 324 g/mol. The zero-order chi connectivity index (χ0) is 16.4. The smallest absolute Gasteiger partial charge is 0.156 e. The largest absolute Gasteiger partial charge is 0.374 e. The molecular weight excluding hydrogens is 300 g/mol. The van der Waals surface area contributed by atoms with Crippen LogP contribution in [0.25, 0.3) is 0 Å². The van der Waals surface area contributed by atoms with Crippen molar-refractivity contribution in [2.24, 2.45) is 0 Å². The molecule has 0 aliphatic carbocycles. The first-order chi connectivity index (χ1) is 11.8. The van der Waals surface area contributed by atoms with Crippen LogP contribution in [0, 0.1) is 0 Å². The molecule has 1 aromatic heterocycles. The van der Waals surface area contributed by atoms with Crippen molar-refractivity contribution in [3.63, 3.8) is 0 Å². The lowest BCUT2D eigenvalue weighted by Crippen LogP contribution is -2.21. The monoisotopic (exact) mass is 324 g/mol. The van der Waals surface area contributed by atoms with E-state index in [-0.39, 0.29) is 0 Å². The molecule has 0 unspecified atom stereocenters. The van der Waals surface area contributed by atoms with E-state index in [9.17, 15) is 0 Å². The van der Waals surface area contributed by atoms with E-state index < -0.39 is 0 Å². The number of fused-ring (bicyclic) bond motifs is 2. The van der Waals surface area contributed by atoms with Crippen LogP contribution >= 0.6 is 0 Å². The molecule has 0 saturated carbocycles. The lowest BCUT2D eigenvalue weighted by molar-refractivity contribution is 0.128. The topological polar surface area (TPSA) is 50.3 Å². The molecule has 1 aromatic carbocycles. The van der Waals surface area contributed by atoms with Crippen molar-refractivity contribution in [3.8, 4) is 0 Å². The van der Waals surface area contributed by atoms with Gasteiger partial charge in [-0.1, -0.05) is 24.3 Å². The van der Waals surface area contributed by atoms with Crippen LogP contribution in [0.1, 0.15) is 35.1 Å². The van der Waals surface area contributed by atoms with Crippen molar-refractivity contribution in [1.29, 1.82) is 0 Å². The summed E-state index contributed by atoms with van der Waals surface area (Å²) in [6.07, 6.45) is 1.96. The van der Waals surface area contributed by atoms with Crippen LogP contribution in [0.3, 0.4) is 0 Å². The molecule has 0 bridgehead atoms. The number of hydrogen-bond acceptors (Lipinski definition) is 5. The third-order valence-electron chi connectivity index (χ3n) is 4.78. The van der Waals surface area contributed by atoms with Crippen molar-refractivity contribution in [2.45, 2.75) is 39.5 Å². The van der Waals surface area contributed by atoms with Gasteiger partial charge in [0.1, 0.15) is 12.4 Å². The van der Waals surface area contributed by atoms with E-state index in [2.05, 4.69) is 34.5 Å². The summed E-state index contributed by atoms with van der Waals surface area (Å²) in [5.74, 6) is 1.91. The molecule has 5 nitrogen and oxygen atoms in total. The number of nitrogens with one attached hydrogen (secondary N) is 1. The fraction of sp³-hybridized carbons (Fsp3) is 0.474. The number of anilines is 1. The molecule has 4 rings (SSSR count). The molecule has 126 valence electrons. The first kappa shape index (κ1) is 15.5. The quantitative estimate of drug-likeness (QED) is 0.934. The minimum absolute atomic E-state index is 0.491. The summed E-state index contributed by atoms with van der Waals surface area (Å²) in [6, 6.07) is 8.68. The Kier molecular flexibility index (Phi) is 4.45. The highest BCUT2D eigenvalue weighted by Crippen LogP contribution is 2.31. The summed E-state index contributed by atoms with van der Waals surface area (Å²) in [4.78, 5) is 12.1. The van der Waals surface area contributed by atoms with Gasteiger partial charge in [-0.2, -0.15) is 0 Å². The highest BCUT2D eigenvalue weighted by Gasteiger charge is 2.25. The second-order valence-electron chi connectivity index (χ2n) is 6.40. The molecule has 2 aliphatic heterocycles. The van der Waals surface area contributed by atoms with Crippen molar-refractivity contribution in [3.05, 3.63) is 52.5 Å². The SMILES string of the molecule is CCOCc1nc2c(c(N3Cc4ccccc4C3)n1)CCNCC2. The van der Waals surface area contributed by atoms with Gasteiger partial charge in [-0.3, -0.25) is 0 Å². The summed E-state index contributed by atoms with van der Waals surface area (Å²) in [7, 11) is 0. The van der Waals surface area contributed by atoms with Crippen molar-refractivity contribution in [1.82, 2.24) is 15.3 Å². The van der Waals surface area contributed by atoms with Crippen molar-refractivity contribution >= 4 is 5.82 Å². The van der Waals surface area contributed by atoms with E-state index in [4.69, 9.17) is 14.7 Å². The van der Waals surface area contributed by atoms with Gasteiger partial charge in [0.25, 0.3) is 0 Å². The minimum atomic E-state index is 0.491. The first-order valence-corrected chi connectivity index (χ1v) is 8.84. The highest BCUT2D eigenvalue weighted by molar-refractivity contribution is 5.54. The third-order valence-corrected chi connectivity index (χ3v) is 4.78. The van der Waals surface area contributed by atoms with Gasteiger partial charge in [0, 0.05) is 38.2 Å². The van der Waals surface area contributed by atoms with Gasteiger partial charge >= 0.3 is 0 Å². The molecule has 0 saturated heterocycles. The Morgan fingerprint density at radius 1 is 1.08 bits per heavy atom. The van der Waals surface area contributed by atoms with Crippen molar-refractivity contribution < 1.29 is 4.74 Å². The van der Waals surface area contributed by atoms with Crippen LogP contribution in [0.4, 0.5) is 5.82 Å². The molecule has 3 heterocycles. The Bertz CT molecular complexity index is 706. The molecule has 0 fully saturated rings. The molecule has 0 radical (unpaired) electrons. The standard InChI is InChI=1S/C19H24N4O/c1-2-24-13-18-21-17-8-10-20-9-7-16(17)19(22-18)23-11-14-5-3-4-6-15(14)12-23/h3-6,20H,2,7-13H2,1H3. The molecule has 2 aromatic rings. The predicted octanol–water partition coefficient (Wildman–Crippen LogP) is 2.22. The Labute approximate surface area is 143 Å². The summed E-state index contributed by atoms with van der Waals surface area (Å²) >= 11 is 0. The maximum absolute atomic E-state index is 5.56. The number of rotatable bonds is 4. The van der Waals surface area contributed by atoms with Gasteiger partial charge in [-0.05, 0) is 31.0 Å². The molecule has 0 spiro atoms. The van der Waals surface area contributed by atoms with E-state index in [0.717, 1.165) is 50.7 Å². The maximum atomic E-state index is 5.56. The van der Waals surface area contributed by atoms with Crippen LogP contribution in [-0.2, 0) is 37.3 Å². The van der Waals surface area contributed by atoms with Crippen LogP contribution in [0.15, 0.2) is 24.3 Å². The zero-order valence-corrected chi connectivity index (χ0v) is 14.2. The Balaban J connectivity index is 1.70. The van der Waals surface area contributed by atoms with Crippen molar-refractivity contribution in [2.75, 3.05) is 24.6 Å². The number of ether oxygens (including phenoxy) is 1. The Morgan fingerprint density at radius 3 is 2.58 bits per heavy atom. The summed E-state index contributed by atoms with van der Waals surface area (Å²) in [5.41, 5.74) is 5.31. The lowest BCUT2D eigenvalue weighted by atomic mass is 10.1. The number of benzene rings is 1. The van der Waals surface area contributed by atoms with E-state index in [1.807, 2.05) is 6.92 Å². The van der Waals surface area contributed by atoms with Crippen LogP contribution < -0.4 is 10.2 Å². The van der Waals surface area contributed by atoms with E-state index in [0.29, 0.717) is 13.2 Å². The summed E-state index contributed by atoms with van der Waals surface area (Å²) in [6.45, 7) is 7.03. The summed E-state index contributed by atoms with van der Waals surface area (Å²) in [5, 5.41) is 3.47. The van der Waals surface area contributed by atoms with Gasteiger partial charge in [0.15, 0.2) is 5.82 Å². The molecule has 1 N–H and O–H groups in total. The molecule has 0 atom stereocenters. The molecule has 2 aliphatic rings. The van der Waals surface area contributed by atoms with E-state index in [1.54, 1.807) is 0 Å². The summed E-state index contributed by atoms with van der Waals surface area (Å²) < 4.78 is 5.56. The molecule has 5 heteroatoms. The van der Waals surface area contributed by atoms with Crippen LogP contribution in [-0.4, -0.2) is 29.7 Å². The van der Waals surface area contributed by atoms with Crippen LogP contribution in [0.2, 0.25) is 0 Å². The highest BCUT2D eigenvalue weighted by atomic mass is 16.5. The normalized spacial score (nSPS) is 16.6. The first-order valence-electron chi connectivity index (χ1n) is 8.84. The Morgan fingerprint density at radius 2 is 1.83 bits per heavy atom. The average Bonchev–Trinajstić information content (AvgIpc) is 2.90. The van der Waals surface area contributed by atoms with Gasteiger partial charge in [0.05, 0.1) is 5.69 Å². The lowest BCUT2D eigenvalue weighted by Gasteiger charge is -2.22. The van der Waals surface area contributed by atoms with E-state index in [1.165, 1.54) is 22.4 Å². The maximum Gasteiger partial charge on any atom is 0.156 e. The number of aromatic nitrogens is 2. The molecule has 24 heavy (non-hydrogen) atoms. The third kappa shape index (κ3) is 3.01. The fourth-order valence-electron chi connectivity index (χ4n) is 3.58. The van der Waals surface area contributed by atoms with E-state index >= 15 is 0 Å².